The van der Waals surface area contributed by atoms with Crippen LogP contribution in [-0.4, -0.2) is 7.11 Å². The number of rotatable bonds is 4. The zero-order valence-corrected chi connectivity index (χ0v) is 11.2. The van der Waals surface area contributed by atoms with Crippen LogP contribution >= 0.6 is 0 Å². The van der Waals surface area contributed by atoms with Gasteiger partial charge in [0.05, 0.1) is 12.7 Å². The monoisotopic (exact) mass is 260 g/mol. The first kappa shape index (κ1) is 14.9. The van der Waals surface area contributed by atoms with Crippen LogP contribution in [0.4, 0.5) is 13.2 Å². The molecular weight excluding hydrogens is 241 g/mol. The van der Waals surface area contributed by atoms with Gasteiger partial charge in [-0.2, -0.15) is 13.2 Å². The lowest BCUT2D eigenvalue weighted by Crippen LogP contribution is -2.10. The number of benzene rings is 1. The van der Waals surface area contributed by atoms with E-state index in [9.17, 15) is 13.2 Å². The highest BCUT2D eigenvalue weighted by molar-refractivity contribution is 5.46. The highest BCUT2D eigenvalue weighted by atomic mass is 19.4. The molecule has 1 aromatic rings. The van der Waals surface area contributed by atoms with E-state index in [2.05, 4.69) is 0 Å². The lowest BCUT2D eigenvalue weighted by molar-refractivity contribution is -0.138. The van der Waals surface area contributed by atoms with E-state index >= 15 is 0 Å². The lowest BCUT2D eigenvalue weighted by atomic mass is 9.97. The average Bonchev–Trinajstić information content (AvgIpc) is 2.24. The Morgan fingerprint density at radius 1 is 1.22 bits per heavy atom. The van der Waals surface area contributed by atoms with Gasteiger partial charge in [0.2, 0.25) is 0 Å². The number of hydrogen-bond acceptors (Lipinski definition) is 1. The van der Waals surface area contributed by atoms with E-state index in [-0.39, 0.29) is 5.75 Å². The molecule has 1 rings (SSSR count). The molecule has 0 heterocycles. The first-order chi connectivity index (χ1) is 8.25. The summed E-state index contributed by atoms with van der Waals surface area (Å²) < 4.78 is 43.7. The topological polar surface area (TPSA) is 9.23 Å². The predicted molar refractivity (Wildman–Crippen MR) is 65.9 cm³/mol. The van der Waals surface area contributed by atoms with Crippen LogP contribution in [0, 0.1) is 12.8 Å². The van der Waals surface area contributed by atoms with Gasteiger partial charge >= 0.3 is 6.18 Å². The summed E-state index contributed by atoms with van der Waals surface area (Å²) in [5.74, 6) is 0.415. The van der Waals surface area contributed by atoms with E-state index in [1.165, 1.54) is 7.11 Å². The molecular formula is C14H19F3O. The van der Waals surface area contributed by atoms with Crippen LogP contribution in [0.15, 0.2) is 12.1 Å². The molecule has 102 valence electrons. The third-order valence-corrected chi connectivity index (χ3v) is 2.81. The normalized spacial score (nSPS) is 12.0. The second-order valence-electron chi connectivity index (χ2n) is 4.94. The number of methoxy groups -OCH3 is 1. The molecule has 4 heteroatoms. The molecule has 0 fully saturated rings. The van der Waals surface area contributed by atoms with Crippen LogP contribution in [-0.2, 0) is 12.6 Å². The Hall–Kier alpha value is -1.19. The molecule has 0 amide bonds. The molecule has 0 atom stereocenters. The summed E-state index contributed by atoms with van der Waals surface area (Å²) >= 11 is 0. The molecule has 0 saturated heterocycles. The van der Waals surface area contributed by atoms with E-state index in [0.29, 0.717) is 23.5 Å². The van der Waals surface area contributed by atoms with Gasteiger partial charge < -0.3 is 4.74 Å². The Kier molecular flexibility index (Phi) is 4.65. The minimum absolute atomic E-state index is 0.0336. The Bertz CT molecular complexity index is 408. The second-order valence-corrected chi connectivity index (χ2v) is 4.94. The third kappa shape index (κ3) is 3.65. The summed E-state index contributed by atoms with van der Waals surface area (Å²) in [7, 11) is 1.29. The summed E-state index contributed by atoms with van der Waals surface area (Å²) in [6.07, 6.45) is -2.92. The van der Waals surface area contributed by atoms with Gasteiger partial charge in [0.1, 0.15) is 5.75 Å². The van der Waals surface area contributed by atoms with Gasteiger partial charge in [-0.15, -0.1) is 0 Å². The minimum atomic E-state index is -4.37. The Balaban J connectivity index is 3.21. The Morgan fingerprint density at radius 2 is 1.83 bits per heavy atom. The molecule has 0 aliphatic rings. The predicted octanol–water partition coefficient (Wildman–Crippen LogP) is 4.61. The first-order valence-electron chi connectivity index (χ1n) is 6.00. The molecule has 0 aliphatic heterocycles. The van der Waals surface area contributed by atoms with Gasteiger partial charge in [0.25, 0.3) is 0 Å². The van der Waals surface area contributed by atoms with Crippen LogP contribution in [0.2, 0.25) is 0 Å². The van der Waals surface area contributed by atoms with Crippen LogP contribution < -0.4 is 4.74 Å². The molecule has 0 aromatic heterocycles. The van der Waals surface area contributed by atoms with Gasteiger partial charge in [0, 0.05) is 0 Å². The highest BCUT2D eigenvalue weighted by Crippen LogP contribution is 2.39. The van der Waals surface area contributed by atoms with Crippen molar-refractivity contribution in [2.24, 2.45) is 5.92 Å². The number of alkyl halides is 3. The average molecular weight is 260 g/mol. The third-order valence-electron chi connectivity index (χ3n) is 2.81. The number of aryl methyl sites for hydroxylation is 2. The molecule has 18 heavy (non-hydrogen) atoms. The van der Waals surface area contributed by atoms with Crippen molar-refractivity contribution in [2.75, 3.05) is 7.11 Å². The molecule has 0 aliphatic carbocycles. The SMILES string of the molecule is COc1c(CCC(C)C)cc(C)cc1C(F)(F)F. The summed E-state index contributed by atoms with van der Waals surface area (Å²) in [5.41, 5.74) is 0.573. The van der Waals surface area contributed by atoms with Crippen molar-refractivity contribution in [3.05, 3.63) is 28.8 Å². The fraction of sp³-hybridized carbons (Fsp3) is 0.571. The maximum Gasteiger partial charge on any atom is 0.419 e. The summed E-state index contributed by atoms with van der Waals surface area (Å²) in [5, 5.41) is 0. The van der Waals surface area contributed by atoms with Crippen molar-refractivity contribution < 1.29 is 17.9 Å². The molecule has 0 N–H and O–H groups in total. The summed E-state index contributed by atoms with van der Waals surface area (Å²) in [6, 6.07) is 2.91. The van der Waals surface area contributed by atoms with Crippen molar-refractivity contribution in [2.45, 2.75) is 39.8 Å². The zero-order valence-electron chi connectivity index (χ0n) is 11.2. The van der Waals surface area contributed by atoms with Gasteiger partial charge in [-0.3, -0.25) is 0 Å². The minimum Gasteiger partial charge on any atom is -0.496 e. The molecule has 1 nitrogen and oxygen atoms in total. The summed E-state index contributed by atoms with van der Waals surface area (Å²) in [6.45, 7) is 5.77. The standard InChI is InChI=1S/C14H19F3O/c1-9(2)5-6-11-7-10(3)8-12(13(11)18-4)14(15,16)17/h7-9H,5-6H2,1-4H3. The van der Waals surface area contributed by atoms with Gasteiger partial charge in [-0.05, 0) is 42.9 Å². The van der Waals surface area contributed by atoms with Crippen LogP contribution in [0.5, 0.6) is 5.75 Å². The molecule has 0 spiro atoms. The van der Waals surface area contributed by atoms with E-state index in [0.717, 1.165) is 12.5 Å². The number of ether oxygens (including phenoxy) is 1. The van der Waals surface area contributed by atoms with E-state index in [1.807, 2.05) is 13.8 Å². The first-order valence-corrected chi connectivity index (χ1v) is 6.00. The van der Waals surface area contributed by atoms with Crippen LogP contribution in [0.1, 0.15) is 37.0 Å². The molecule has 0 bridgehead atoms. The van der Waals surface area contributed by atoms with Crippen molar-refractivity contribution in [1.29, 1.82) is 0 Å². The largest absolute Gasteiger partial charge is 0.496 e. The maximum atomic E-state index is 12.9. The molecule has 0 saturated carbocycles. The second kappa shape index (κ2) is 5.63. The van der Waals surface area contributed by atoms with Crippen molar-refractivity contribution in [3.63, 3.8) is 0 Å². The maximum absolute atomic E-state index is 12.9. The van der Waals surface area contributed by atoms with Crippen LogP contribution in [0.3, 0.4) is 0 Å². The van der Waals surface area contributed by atoms with Crippen LogP contribution in [0.25, 0.3) is 0 Å². The fourth-order valence-corrected chi connectivity index (χ4v) is 1.93. The smallest absolute Gasteiger partial charge is 0.419 e. The highest BCUT2D eigenvalue weighted by Gasteiger charge is 2.35. The zero-order chi connectivity index (χ0) is 13.9. The number of halogens is 3. The van der Waals surface area contributed by atoms with Crippen molar-refractivity contribution in [1.82, 2.24) is 0 Å². The molecule has 0 radical (unpaired) electrons. The van der Waals surface area contributed by atoms with Gasteiger partial charge in [0.15, 0.2) is 0 Å². The van der Waals surface area contributed by atoms with Gasteiger partial charge in [-0.25, -0.2) is 0 Å². The molecule has 1 aromatic carbocycles. The van der Waals surface area contributed by atoms with E-state index < -0.39 is 11.7 Å². The van der Waals surface area contributed by atoms with Crippen molar-refractivity contribution in [3.8, 4) is 5.75 Å². The van der Waals surface area contributed by atoms with E-state index in [1.54, 1.807) is 13.0 Å². The van der Waals surface area contributed by atoms with Crippen molar-refractivity contribution >= 4 is 0 Å². The molecule has 0 unspecified atom stereocenters. The number of hydrogen-bond donors (Lipinski definition) is 0. The Labute approximate surface area is 106 Å². The van der Waals surface area contributed by atoms with Gasteiger partial charge in [-0.1, -0.05) is 19.9 Å². The van der Waals surface area contributed by atoms with E-state index in [4.69, 9.17) is 4.74 Å². The quantitative estimate of drug-likeness (QED) is 0.768. The lowest BCUT2D eigenvalue weighted by Gasteiger charge is -2.17. The summed E-state index contributed by atoms with van der Waals surface area (Å²) in [4.78, 5) is 0. The fourth-order valence-electron chi connectivity index (χ4n) is 1.93. The Morgan fingerprint density at radius 3 is 2.28 bits per heavy atom.